The van der Waals surface area contributed by atoms with E-state index in [4.69, 9.17) is 5.11 Å². The molecule has 1 amide bonds. The second-order valence-electron chi connectivity index (χ2n) is 6.42. The van der Waals surface area contributed by atoms with Crippen molar-refractivity contribution in [3.05, 3.63) is 30.0 Å². The van der Waals surface area contributed by atoms with Gasteiger partial charge in [-0.15, -0.1) is 0 Å². The Morgan fingerprint density at radius 2 is 2.09 bits per heavy atom. The van der Waals surface area contributed by atoms with Crippen molar-refractivity contribution in [3.63, 3.8) is 0 Å². The summed E-state index contributed by atoms with van der Waals surface area (Å²) in [7, 11) is 0. The molecule has 114 valence electrons. The number of piperidine rings is 1. The van der Waals surface area contributed by atoms with Crippen LogP contribution in [0.25, 0.3) is 10.9 Å². The Kier molecular flexibility index (Phi) is 2.76. The van der Waals surface area contributed by atoms with Crippen LogP contribution in [-0.2, 0) is 4.79 Å². The number of hydrogen-bond acceptors (Lipinski definition) is 3. The highest BCUT2D eigenvalue weighted by molar-refractivity contribution is 5.98. The highest BCUT2D eigenvalue weighted by Gasteiger charge is 2.59. The summed E-state index contributed by atoms with van der Waals surface area (Å²) in [6, 6.07) is 5.52. The summed E-state index contributed by atoms with van der Waals surface area (Å²) >= 11 is 0. The molecular formula is C16H17N3O3. The Bertz CT molecular complexity index is 759. The maximum absolute atomic E-state index is 12.6. The van der Waals surface area contributed by atoms with E-state index in [2.05, 4.69) is 10.2 Å². The minimum absolute atomic E-state index is 0.0190. The van der Waals surface area contributed by atoms with Crippen LogP contribution in [0.4, 0.5) is 0 Å². The van der Waals surface area contributed by atoms with Crippen LogP contribution in [0.3, 0.4) is 0 Å². The SMILES string of the molecule is O=C(O)C1CC12CCN(C(=O)c1ccc3[nH]ncc3c1)CC2. The smallest absolute Gasteiger partial charge is 0.307 e. The van der Waals surface area contributed by atoms with Crippen molar-refractivity contribution in [2.45, 2.75) is 19.3 Å². The Hall–Kier alpha value is -2.37. The zero-order valence-corrected chi connectivity index (χ0v) is 12.1. The van der Waals surface area contributed by atoms with E-state index in [0.29, 0.717) is 18.7 Å². The molecule has 1 aromatic carbocycles. The van der Waals surface area contributed by atoms with Crippen LogP contribution in [0.2, 0.25) is 0 Å². The molecule has 0 bridgehead atoms. The van der Waals surface area contributed by atoms with Gasteiger partial charge in [-0.1, -0.05) is 0 Å². The standard InChI is InChI=1S/C16H17N3O3/c20-14(10-1-2-13-11(7-10)9-17-18-13)19-5-3-16(4-6-19)8-12(16)15(21)22/h1-2,7,9,12H,3-6,8H2,(H,17,18)(H,21,22). The highest BCUT2D eigenvalue weighted by Crippen LogP contribution is 2.59. The maximum atomic E-state index is 12.6. The first-order valence-corrected chi connectivity index (χ1v) is 7.54. The first-order chi connectivity index (χ1) is 10.6. The quantitative estimate of drug-likeness (QED) is 0.886. The van der Waals surface area contributed by atoms with E-state index < -0.39 is 5.97 Å². The van der Waals surface area contributed by atoms with Crippen molar-refractivity contribution in [3.8, 4) is 0 Å². The number of likely N-dealkylation sites (tertiary alicyclic amines) is 1. The summed E-state index contributed by atoms with van der Waals surface area (Å²) in [5, 5.41) is 16.9. The molecular weight excluding hydrogens is 282 g/mol. The van der Waals surface area contributed by atoms with Gasteiger partial charge in [0, 0.05) is 24.0 Å². The van der Waals surface area contributed by atoms with Gasteiger partial charge in [-0.25, -0.2) is 0 Å². The molecule has 1 aliphatic heterocycles. The number of carbonyl (C=O) groups excluding carboxylic acids is 1. The molecule has 22 heavy (non-hydrogen) atoms. The predicted molar refractivity (Wildman–Crippen MR) is 79.4 cm³/mol. The van der Waals surface area contributed by atoms with E-state index >= 15 is 0 Å². The van der Waals surface area contributed by atoms with Crippen LogP contribution in [-0.4, -0.2) is 45.2 Å². The molecule has 1 saturated carbocycles. The molecule has 2 heterocycles. The molecule has 1 saturated heterocycles. The van der Waals surface area contributed by atoms with E-state index in [9.17, 15) is 9.59 Å². The van der Waals surface area contributed by atoms with E-state index in [1.165, 1.54) is 0 Å². The number of H-pyrrole nitrogens is 1. The van der Waals surface area contributed by atoms with Gasteiger partial charge in [-0.3, -0.25) is 14.7 Å². The largest absolute Gasteiger partial charge is 0.481 e. The number of rotatable bonds is 2. The first kappa shape index (κ1) is 13.3. The number of hydrogen-bond donors (Lipinski definition) is 2. The number of nitrogens with one attached hydrogen (secondary N) is 1. The fourth-order valence-electron chi connectivity index (χ4n) is 3.66. The average molecular weight is 299 g/mol. The van der Waals surface area contributed by atoms with Crippen LogP contribution in [0.5, 0.6) is 0 Å². The minimum atomic E-state index is -0.690. The number of aliphatic carboxylic acids is 1. The molecule has 1 aromatic heterocycles. The third-order valence-corrected chi connectivity index (χ3v) is 5.22. The highest BCUT2D eigenvalue weighted by atomic mass is 16.4. The van der Waals surface area contributed by atoms with Gasteiger partial charge in [0.05, 0.1) is 17.6 Å². The van der Waals surface area contributed by atoms with Gasteiger partial charge in [0.25, 0.3) is 5.91 Å². The average Bonchev–Trinajstić information content (AvgIpc) is 3.03. The van der Waals surface area contributed by atoms with Crippen molar-refractivity contribution < 1.29 is 14.7 Å². The van der Waals surface area contributed by atoms with Crippen molar-refractivity contribution in [1.29, 1.82) is 0 Å². The van der Waals surface area contributed by atoms with E-state index in [1.807, 2.05) is 23.1 Å². The Labute approximate surface area is 127 Å². The van der Waals surface area contributed by atoms with E-state index in [0.717, 1.165) is 30.2 Å². The van der Waals surface area contributed by atoms with Crippen LogP contribution in [0.1, 0.15) is 29.6 Å². The molecule has 2 fully saturated rings. The van der Waals surface area contributed by atoms with Gasteiger partial charge in [-0.05, 0) is 42.9 Å². The van der Waals surface area contributed by atoms with Gasteiger partial charge in [-0.2, -0.15) is 5.10 Å². The fraction of sp³-hybridized carbons (Fsp3) is 0.438. The zero-order chi connectivity index (χ0) is 15.3. The van der Waals surface area contributed by atoms with Gasteiger partial charge in [0.15, 0.2) is 0 Å². The van der Waals surface area contributed by atoms with Gasteiger partial charge in [0.2, 0.25) is 0 Å². The number of carboxylic acids is 1. The summed E-state index contributed by atoms with van der Waals surface area (Å²) in [6.07, 6.45) is 4.07. The van der Waals surface area contributed by atoms with Gasteiger partial charge < -0.3 is 10.0 Å². The lowest BCUT2D eigenvalue weighted by Crippen LogP contribution is -2.40. The molecule has 6 heteroatoms. The molecule has 1 atom stereocenters. The molecule has 6 nitrogen and oxygen atoms in total. The minimum Gasteiger partial charge on any atom is -0.481 e. The molecule has 1 unspecified atom stereocenters. The monoisotopic (exact) mass is 299 g/mol. The number of fused-ring (bicyclic) bond motifs is 1. The van der Waals surface area contributed by atoms with Crippen LogP contribution in [0, 0.1) is 11.3 Å². The molecule has 4 rings (SSSR count). The zero-order valence-electron chi connectivity index (χ0n) is 12.1. The van der Waals surface area contributed by atoms with E-state index in [-0.39, 0.29) is 17.2 Å². The molecule has 2 aromatic rings. The number of benzene rings is 1. The normalized spacial score (nSPS) is 22.9. The van der Waals surface area contributed by atoms with Crippen molar-refractivity contribution in [2.24, 2.45) is 11.3 Å². The second-order valence-corrected chi connectivity index (χ2v) is 6.42. The summed E-state index contributed by atoms with van der Waals surface area (Å²) in [6.45, 7) is 1.29. The lowest BCUT2D eigenvalue weighted by atomic mass is 9.90. The summed E-state index contributed by atoms with van der Waals surface area (Å²) in [4.78, 5) is 25.5. The topological polar surface area (TPSA) is 86.3 Å². The lowest BCUT2D eigenvalue weighted by Gasteiger charge is -2.32. The predicted octanol–water partition coefficient (Wildman–Crippen LogP) is 1.89. The van der Waals surface area contributed by atoms with Gasteiger partial charge >= 0.3 is 5.97 Å². The maximum Gasteiger partial charge on any atom is 0.307 e. The summed E-state index contributed by atoms with van der Waals surface area (Å²) in [5.74, 6) is -0.873. The molecule has 1 spiro atoms. The van der Waals surface area contributed by atoms with Crippen LogP contribution in [0.15, 0.2) is 24.4 Å². The summed E-state index contributed by atoms with van der Waals surface area (Å²) in [5.41, 5.74) is 1.53. The third kappa shape index (κ3) is 1.98. The Morgan fingerprint density at radius 1 is 1.32 bits per heavy atom. The first-order valence-electron chi connectivity index (χ1n) is 7.54. The van der Waals surface area contributed by atoms with Crippen LogP contribution >= 0.6 is 0 Å². The summed E-state index contributed by atoms with van der Waals surface area (Å²) < 4.78 is 0. The van der Waals surface area contributed by atoms with Crippen molar-refractivity contribution in [1.82, 2.24) is 15.1 Å². The molecule has 1 aliphatic carbocycles. The second kappa shape index (κ2) is 4.56. The lowest BCUT2D eigenvalue weighted by molar-refractivity contribution is -0.139. The number of amides is 1. The number of carbonyl (C=O) groups is 2. The fourth-order valence-corrected chi connectivity index (χ4v) is 3.66. The third-order valence-electron chi connectivity index (χ3n) is 5.22. The van der Waals surface area contributed by atoms with Crippen molar-refractivity contribution in [2.75, 3.05) is 13.1 Å². The number of carboxylic acid groups (broad SMARTS) is 1. The molecule has 2 aliphatic rings. The van der Waals surface area contributed by atoms with Crippen molar-refractivity contribution >= 4 is 22.8 Å². The number of nitrogens with zero attached hydrogens (tertiary/aromatic N) is 2. The Morgan fingerprint density at radius 3 is 2.77 bits per heavy atom. The number of aromatic amines is 1. The molecule has 2 N–H and O–H groups in total. The molecule has 0 radical (unpaired) electrons. The van der Waals surface area contributed by atoms with Crippen LogP contribution < -0.4 is 0 Å². The Balaban J connectivity index is 1.47. The van der Waals surface area contributed by atoms with Gasteiger partial charge in [0.1, 0.15) is 0 Å². The number of aromatic nitrogens is 2. The van der Waals surface area contributed by atoms with E-state index in [1.54, 1.807) is 6.20 Å².